The van der Waals surface area contributed by atoms with Gasteiger partial charge in [-0.15, -0.1) is 0 Å². The second-order valence-electron chi connectivity index (χ2n) is 10.3. The summed E-state index contributed by atoms with van der Waals surface area (Å²) in [6, 6.07) is 8.61. The molecule has 2 saturated heterocycles. The molecule has 1 amide bonds. The molecular formula is C24H34IN5O5S. The van der Waals surface area contributed by atoms with E-state index in [1.54, 1.807) is 11.3 Å². The van der Waals surface area contributed by atoms with Crippen LogP contribution in [0.2, 0.25) is 0 Å². The van der Waals surface area contributed by atoms with Gasteiger partial charge in [-0.25, -0.2) is 0 Å². The molecule has 198 valence electrons. The van der Waals surface area contributed by atoms with Crippen molar-refractivity contribution in [1.29, 1.82) is 0 Å². The first kappa shape index (κ1) is 27.2. The van der Waals surface area contributed by atoms with E-state index in [1.165, 1.54) is 5.56 Å². The number of nitroso groups, excluding NO2 is 1. The minimum absolute atomic E-state index is 0.0458. The van der Waals surface area contributed by atoms with E-state index in [0.29, 0.717) is 26.2 Å². The summed E-state index contributed by atoms with van der Waals surface area (Å²) in [4.78, 5) is 33.1. The third-order valence-corrected chi connectivity index (χ3v) is 14.7. The van der Waals surface area contributed by atoms with Crippen LogP contribution in [0.1, 0.15) is 39.2 Å². The monoisotopic (exact) mass is 631 g/mol. The average molecular weight is 632 g/mol. The third kappa shape index (κ3) is 5.67. The maximum atomic E-state index is 13.6. The standard InChI is InChI=1S/C24H34IN5O5S/c1-23(2,3)19-6-4-18(5-7-19)20-16-26-22(36-20)30-12-10-29(11-13-30)17-25(32,33)24(21(31)27-28-34)8-14-35-15-9-24/h4-7,16H,8-15,17H2,1-3H3,(H,32,33)(H,27,31,34). The molecule has 3 heterocycles. The maximum absolute atomic E-state index is 13.6. The van der Waals surface area contributed by atoms with Crippen molar-refractivity contribution in [3.05, 3.63) is 40.9 Å². The number of nitrogens with one attached hydrogen (secondary N) is 1. The SMILES string of the molecule is CC(C)(C)c1ccc(-c2cnc(N3CCN(CI(=O)(O)C4(C(=O)NN=O)CCOCC4)CC3)s2)cc1. The Hall–Kier alpha value is -1.87. The summed E-state index contributed by atoms with van der Waals surface area (Å²) in [6.07, 6.45) is 2.13. The van der Waals surface area contributed by atoms with Crippen LogP contribution >= 0.6 is 30.2 Å². The Balaban J connectivity index is 1.38. The fourth-order valence-corrected chi connectivity index (χ4v) is 11.2. The molecule has 2 aliphatic rings. The summed E-state index contributed by atoms with van der Waals surface area (Å²) < 4.78 is 28.5. The van der Waals surface area contributed by atoms with Gasteiger partial charge < -0.3 is 0 Å². The number of halogens is 1. The molecule has 1 aromatic heterocycles. The van der Waals surface area contributed by atoms with Crippen LogP contribution in [0, 0.1) is 4.91 Å². The van der Waals surface area contributed by atoms with Gasteiger partial charge in [0.15, 0.2) is 0 Å². The Bertz CT molecular complexity index is 1120. The van der Waals surface area contributed by atoms with Gasteiger partial charge in [0.2, 0.25) is 0 Å². The fourth-order valence-electron chi connectivity index (χ4n) is 4.57. The number of anilines is 1. The number of nitrogens with zero attached hydrogens (tertiary/aromatic N) is 4. The molecule has 0 aliphatic carbocycles. The van der Waals surface area contributed by atoms with Gasteiger partial charge in [-0.05, 0) is 5.41 Å². The van der Waals surface area contributed by atoms with E-state index in [0.717, 1.165) is 15.6 Å². The van der Waals surface area contributed by atoms with E-state index in [9.17, 15) is 16.2 Å². The zero-order valence-corrected chi connectivity index (χ0v) is 23.9. The van der Waals surface area contributed by atoms with Crippen LogP contribution in [0.4, 0.5) is 5.13 Å². The number of thiazole rings is 1. The molecular weight excluding hydrogens is 597 g/mol. The molecule has 2 aromatic rings. The molecule has 36 heavy (non-hydrogen) atoms. The van der Waals surface area contributed by atoms with Crippen molar-refractivity contribution in [2.24, 2.45) is 5.29 Å². The number of piperazine rings is 1. The van der Waals surface area contributed by atoms with Gasteiger partial charge in [-0.1, -0.05) is 20.8 Å². The van der Waals surface area contributed by atoms with Crippen LogP contribution in [-0.4, -0.2) is 66.6 Å². The van der Waals surface area contributed by atoms with Gasteiger partial charge in [-0.3, -0.25) is 0 Å². The normalized spacial score (nSPS) is 21.4. The van der Waals surface area contributed by atoms with E-state index < -0.39 is 28.2 Å². The predicted molar refractivity (Wildman–Crippen MR) is 149 cm³/mol. The van der Waals surface area contributed by atoms with Gasteiger partial charge >= 0.3 is 194 Å². The number of alkyl halides is 2. The quantitative estimate of drug-likeness (QED) is 0.156. The van der Waals surface area contributed by atoms with Crippen molar-refractivity contribution in [2.75, 3.05) is 48.8 Å². The molecule has 1 atom stereocenters. The summed E-state index contributed by atoms with van der Waals surface area (Å²) >= 11 is -3.23. The molecule has 0 radical (unpaired) electrons. The van der Waals surface area contributed by atoms with E-state index in [1.807, 2.05) is 16.5 Å². The predicted octanol–water partition coefficient (Wildman–Crippen LogP) is 3.83. The van der Waals surface area contributed by atoms with Gasteiger partial charge in [0, 0.05) is 0 Å². The summed E-state index contributed by atoms with van der Waals surface area (Å²) in [5.74, 6) is -0.765. The van der Waals surface area contributed by atoms with E-state index in [4.69, 9.17) is 4.74 Å². The van der Waals surface area contributed by atoms with Crippen LogP contribution in [0.5, 0.6) is 0 Å². The number of hydrogen-bond donors (Lipinski definition) is 2. The number of amides is 1. The van der Waals surface area contributed by atoms with Crippen molar-refractivity contribution in [1.82, 2.24) is 15.3 Å². The zero-order chi connectivity index (χ0) is 26.0. The number of carbonyl (C=O) groups is 1. The zero-order valence-electron chi connectivity index (χ0n) is 20.9. The molecule has 0 spiro atoms. The second-order valence-corrected chi connectivity index (χ2v) is 17.4. The van der Waals surface area contributed by atoms with Crippen LogP contribution < -0.4 is 10.3 Å². The molecule has 0 saturated carbocycles. The molecule has 4 rings (SSSR count). The second kappa shape index (κ2) is 10.9. The van der Waals surface area contributed by atoms with E-state index in [2.05, 4.69) is 60.2 Å². The van der Waals surface area contributed by atoms with Gasteiger partial charge in [0.1, 0.15) is 0 Å². The van der Waals surface area contributed by atoms with E-state index in [-0.39, 0.29) is 36.0 Å². The Morgan fingerprint density at radius 2 is 1.83 bits per heavy atom. The van der Waals surface area contributed by atoms with Crippen LogP contribution in [0.3, 0.4) is 0 Å². The molecule has 2 aliphatic heterocycles. The Labute approximate surface area is 219 Å². The fraction of sp³-hybridized carbons (Fsp3) is 0.583. The Morgan fingerprint density at radius 3 is 2.42 bits per heavy atom. The summed E-state index contributed by atoms with van der Waals surface area (Å²) in [5, 5.41) is 3.39. The van der Waals surface area contributed by atoms with Gasteiger partial charge in [0.25, 0.3) is 0 Å². The van der Waals surface area contributed by atoms with Crippen molar-refractivity contribution < 1.29 is 16.0 Å². The first-order chi connectivity index (χ1) is 17.1. The van der Waals surface area contributed by atoms with Gasteiger partial charge in [-0.2, -0.15) is 0 Å². The van der Waals surface area contributed by atoms with Crippen LogP contribution in [0.25, 0.3) is 10.4 Å². The molecule has 2 N–H and O–H groups in total. The van der Waals surface area contributed by atoms with Crippen LogP contribution in [-0.2, 0) is 18.0 Å². The van der Waals surface area contributed by atoms with Crippen LogP contribution in [0.15, 0.2) is 35.7 Å². The number of carbonyl (C=O) groups excluding carboxylic acids is 1. The number of benzene rings is 1. The number of rotatable bonds is 7. The summed E-state index contributed by atoms with van der Waals surface area (Å²) in [6.45, 7) is 9.53. The molecule has 1 unspecified atom stereocenters. The van der Waals surface area contributed by atoms with Crippen molar-refractivity contribution in [2.45, 2.75) is 42.4 Å². The van der Waals surface area contributed by atoms with Crippen molar-refractivity contribution in [3.8, 4) is 10.4 Å². The van der Waals surface area contributed by atoms with E-state index >= 15 is 0 Å². The molecule has 0 bridgehead atoms. The first-order valence-corrected chi connectivity index (χ1v) is 17.2. The minimum atomic E-state index is -4.87. The molecule has 1 aromatic carbocycles. The number of aromatic nitrogens is 1. The Morgan fingerprint density at radius 1 is 1.19 bits per heavy atom. The average Bonchev–Trinajstić information content (AvgIpc) is 3.35. The van der Waals surface area contributed by atoms with Crippen molar-refractivity contribution in [3.63, 3.8) is 0 Å². The molecule has 2 fully saturated rings. The number of hydrogen-bond acceptors (Lipinski definition) is 9. The van der Waals surface area contributed by atoms with Gasteiger partial charge in [0.05, 0.1) is 0 Å². The topological polar surface area (TPSA) is 124 Å². The first-order valence-electron chi connectivity index (χ1n) is 12.0. The number of ether oxygens (including phenoxy) is 1. The molecule has 10 nitrogen and oxygen atoms in total. The Kier molecular flexibility index (Phi) is 8.19. The summed E-state index contributed by atoms with van der Waals surface area (Å²) in [5.41, 5.74) is 4.42. The summed E-state index contributed by atoms with van der Waals surface area (Å²) in [7, 11) is 0. The molecule has 12 heteroatoms. The third-order valence-electron chi connectivity index (χ3n) is 6.91. The van der Waals surface area contributed by atoms with Crippen molar-refractivity contribution >= 4 is 41.2 Å².